The maximum Gasteiger partial charge on any atom is 0.419 e. The van der Waals surface area contributed by atoms with Crippen LogP contribution in [0.25, 0.3) is 11.3 Å². The molecule has 8 heteroatoms. The molecule has 0 saturated heterocycles. The van der Waals surface area contributed by atoms with Crippen molar-refractivity contribution in [3.8, 4) is 11.3 Å². The first kappa shape index (κ1) is 16.7. The van der Waals surface area contributed by atoms with Crippen LogP contribution in [0.4, 0.5) is 23.2 Å². The fourth-order valence-corrected chi connectivity index (χ4v) is 2.17. The van der Waals surface area contributed by atoms with Crippen molar-refractivity contribution in [1.29, 1.82) is 0 Å². The van der Waals surface area contributed by atoms with Gasteiger partial charge in [0.15, 0.2) is 12.2 Å². The Kier molecular flexibility index (Phi) is 4.26. The number of carbonyl (C=O) groups is 1. The summed E-state index contributed by atoms with van der Waals surface area (Å²) in [4.78, 5) is 15.9. The van der Waals surface area contributed by atoms with Crippen molar-refractivity contribution in [3.05, 3.63) is 72.0 Å². The van der Waals surface area contributed by atoms with Crippen LogP contribution >= 0.6 is 0 Å². The van der Waals surface area contributed by atoms with Crippen molar-refractivity contribution < 1.29 is 26.8 Å². The van der Waals surface area contributed by atoms with Crippen molar-refractivity contribution in [3.63, 3.8) is 0 Å². The third kappa shape index (κ3) is 3.68. The molecule has 3 aromatic rings. The van der Waals surface area contributed by atoms with Gasteiger partial charge in [-0.05, 0) is 30.3 Å². The third-order valence-electron chi connectivity index (χ3n) is 3.39. The number of alkyl halides is 3. The molecule has 1 amide bonds. The Balaban J connectivity index is 1.78. The number of nitrogens with one attached hydrogen (secondary N) is 1. The summed E-state index contributed by atoms with van der Waals surface area (Å²) in [6, 6.07) is 8.47. The first-order valence-electron chi connectivity index (χ1n) is 7.01. The number of oxazole rings is 1. The molecule has 0 aliphatic rings. The molecule has 0 aliphatic heterocycles. The van der Waals surface area contributed by atoms with Crippen LogP contribution in [0.1, 0.15) is 15.9 Å². The molecule has 4 nitrogen and oxygen atoms in total. The number of rotatable bonds is 3. The van der Waals surface area contributed by atoms with Crippen LogP contribution < -0.4 is 5.32 Å². The van der Waals surface area contributed by atoms with Gasteiger partial charge in [0.05, 0.1) is 11.8 Å². The Morgan fingerprint density at radius 2 is 1.80 bits per heavy atom. The predicted octanol–water partition coefficient (Wildman–Crippen LogP) is 4.75. The molecule has 0 atom stereocenters. The van der Waals surface area contributed by atoms with Crippen molar-refractivity contribution in [1.82, 2.24) is 4.98 Å². The first-order valence-corrected chi connectivity index (χ1v) is 7.01. The van der Waals surface area contributed by atoms with Gasteiger partial charge < -0.3 is 9.73 Å². The van der Waals surface area contributed by atoms with Gasteiger partial charge in [0.25, 0.3) is 5.91 Å². The third-order valence-corrected chi connectivity index (χ3v) is 3.39. The number of carbonyl (C=O) groups excluding carboxylic acids is 1. The second-order valence-electron chi connectivity index (χ2n) is 5.09. The van der Waals surface area contributed by atoms with E-state index in [1.165, 1.54) is 24.7 Å². The van der Waals surface area contributed by atoms with E-state index >= 15 is 0 Å². The molecule has 1 N–H and O–H groups in total. The Morgan fingerprint density at radius 1 is 1.08 bits per heavy atom. The lowest BCUT2D eigenvalue weighted by Gasteiger charge is -2.11. The standard InChI is InChI=1S/C17H10F4N2O2/c18-14-6-5-12(7-13(14)17(19,20)21)23-16(24)11-3-1-10(2-4-11)15-8-22-9-25-15/h1-9H,(H,23,24). The molecule has 0 radical (unpaired) electrons. The van der Waals surface area contributed by atoms with E-state index in [0.717, 1.165) is 6.07 Å². The number of halogens is 4. The minimum absolute atomic E-state index is 0.155. The summed E-state index contributed by atoms with van der Waals surface area (Å²) in [6.45, 7) is 0. The lowest BCUT2D eigenvalue weighted by Crippen LogP contribution is -2.14. The highest BCUT2D eigenvalue weighted by Crippen LogP contribution is 2.33. The number of nitrogens with zero attached hydrogens (tertiary/aromatic N) is 1. The van der Waals surface area contributed by atoms with Crippen molar-refractivity contribution in [2.75, 3.05) is 5.32 Å². The predicted molar refractivity (Wildman–Crippen MR) is 81.3 cm³/mol. The summed E-state index contributed by atoms with van der Waals surface area (Å²) < 4.78 is 56.5. The highest BCUT2D eigenvalue weighted by atomic mass is 19.4. The molecule has 0 fully saturated rings. The van der Waals surface area contributed by atoms with Gasteiger partial charge in [0.2, 0.25) is 0 Å². The second-order valence-corrected chi connectivity index (χ2v) is 5.09. The molecule has 0 bridgehead atoms. The van der Waals surface area contributed by atoms with E-state index in [2.05, 4.69) is 10.3 Å². The van der Waals surface area contributed by atoms with Crippen LogP contribution in [-0.4, -0.2) is 10.9 Å². The Labute approximate surface area is 139 Å². The van der Waals surface area contributed by atoms with Crippen LogP contribution in [0.15, 0.2) is 59.5 Å². The minimum atomic E-state index is -4.84. The van der Waals surface area contributed by atoms with Gasteiger partial charge in [-0.2, -0.15) is 13.2 Å². The number of anilines is 1. The normalized spacial score (nSPS) is 11.4. The maximum atomic E-state index is 13.3. The molecule has 0 saturated carbocycles. The average molecular weight is 350 g/mol. The quantitative estimate of drug-likeness (QED) is 0.694. The highest BCUT2D eigenvalue weighted by Gasteiger charge is 2.34. The summed E-state index contributed by atoms with van der Waals surface area (Å²) in [6.07, 6.45) is -2.07. The van der Waals surface area contributed by atoms with E-state index < -0.39 is 23.5 Å². The van der Waals surface area contributed by atoms with E-state index in [1.807, 2.05) is 0 Å². The molecule has 2 aromatic carbocycles. The van der Waals surface area contributed by atoms with Crippen LogP contribution in [0, 0.1) is 5.82 Å². The first-order chi connectivity index (χ1) is 11.8. The number of hydrogen-bond acceptors (Lipinski definition) is 3. The molecular formula is C17H10F4N2O2. The van der Waals surface area contributed by atoms with Gasteiger partial charge in [-0.3, -0.25) is 4.79 Å². The highest BCUT2D eigenvalue weighted by molar-refractivity contribution is 6.04. The zero-order valence-electron chi connectivity index (χ0n) is 12.5. The summed E-state index contributed by atoms with van der Waals surface area (Å²) in [5.74, 6) is -1.51. The number of amides is 1. The summed E-state index contributed by atoms with van der Waals surface area (Å²) in [5, 5.41) is 2.31. The van der Waals surface area contributed by atoms with Crippen LogP contribution in [0.3, 0.4) is 0 Å². The van der Waals surface area contributed by atoms with Crippen LogP contribution in [0.5, 0.6) is 0 Å². The van der Waals surface area contributed by atoms with E-state index in [0.29, 0.717) is 23.5 Å². The lowest BCUT2D eigenvalue weighted by atomic mass is 10.1. The number of hydrogen-bond donors (Lipinski definition) is 1. The van der Waals surface area contributed by atoms with Crippen LogP contribution in [-0.2, 0) is 6.18 Å². The SMILES string of the molecule is O=C(Nc1ccc(F)c(C(F)(F)F)c1)c1ccc(-c2cnco2)cc1. The van der Waals surface area contributed by atoms with Gasteiger partial charge in [0.1, 0.15) is 5.82 Å². The molecule has 3 rings (SSSR count). The summed E-state index contributed by atoms with van der Waals surface area (Å²) in [7, 11) is 0. The fraction of sp³-hybridized carbons (Fsp3) is 0.0588. The monoisotopic (exact) mass is 350 g/mol. The Hall–Kier alpha value is -3.16. The molecule has 0 unspecified atom stereocenters. The van der Waals surface area contributed by atoms with Crippen molar-refractivity contribution in [2.45, 2.75) is 6.18 Å². The molecule has 128 valence electrons. The van der Waals surface area contributed by atoms with E-state index in [-0.39, 0.29) is 11.3 Å². The number of aromatic nitrogens is 1. The topological polar surface area (TPSA) is 55.1 Å². The average Bonchev–Trinajstić information content (AvgIpc) is 3.10. The number of benzene rings is 2. The molecule has 25 heavy (non-hydrogen) atoms. The van der Waals surface area contributed by atoms with Gasteiger partial charge in [-0.25, -0.2) is 9.37 Å². The minimum Gasteiger partial charge on any atom is -0.444 e. The van der Waals surface area contributed by atoms with Gasteiger partial charge in [-0.1, -0.05) is 12.1 Å². The molecule has 0 aliphatic carbocycles. The fourth-order valence-electron chi connectivity index (χ4n) is 2.17. The smallest absolute Gasteiger partial charge is 0.419 e. The second kappa shape index (κ2) is 6.39. The molecule has 0 spiro atoms. The summed E-state index contributed by atoms with van der Waals surface area (Å²) in [5.41, 5.74) is -0.680. The Bertz CT molecular complexity index is 888. The zero-order valence-corrected chi connectivity index (χ0v) is 12.5. The molecule has 1 aromatic heterocycles. The Morgan fingerprint density at radius 3 is 2.40 bits per heavy atom. The van der Waals surface area contributed by atoms with E-state index in [4.69, 9.17) is 4.42 Å². The van der Waals surface area contributed by atoms with Gasteiger partial charge in [0, 0.05) is 16.8 Å². The molecular weight excluding hydrogens is 340 g/mol. The van der Waals surface area contributed by atoms with Gasteiger partial charge >= 0.3 is 6.18 Å². The van der Waals surface area contributed by atoms with E-state index in [1.54, 1.807) is 12.1 Å². The van der Waals surface area contributed by atoms with E-state index in [9.17, 15) is 22.4 Å². The van der Waals surface area contributed by atoms with Crippen molar-refractivity contribution >= 4 is 11.6 Å². The zero-order chi connectivity index (χ0) is 18.0. The van der Waals surface area contributed by atoms with Crippen LogP contribution in [0.2, 0.25) is 0 Å². The van der Waals surface area contributed by atoms with Gasteiger partial charge in [-0.15, -0.1) is 0 Å². The molecule has 1 heterocycles. The largest absolute Gasteiger partial charge is 0.444 e. The van der Waals surface area contributed by atoms with Crippen molar-refractivity contribution in [2.24, 2.45) is 0 Å². The maximum absolute atomic E-state index is 13.3. The summed E-state index contributed by atoms with van der Waals surface area (Å²) >= 11 is 0. The lowest BCUT2D eigenvalue weighted by molar-refractivity contribution is -0.139.